The van der Waals surface area contributed by atoms with Gasteiger partial charge in [0, 0.05) is 6.42 Å². The van der Waals surface area contributed by atoms with Crippen LogP contribution >= 0.6 is 0 Å². The number of ether oxygens (including phenoxy) is 2. The second kappa shape index (κ2) is 14.0. The quantitative estimate of drug-likeness (QED) is 0.315. The Morgan fingerprint density at radius 2 is 1.11 bits per heavy atom. The van der Waals surface area contributed by atoms with Gasteiger partial charge in [-0.25, -0.2) is 0 Å². The van der Waals surface area contributed by atoms with Crippen LogP contribution in [0.1, 0.15) is 99.3 Å². The molecule has 1 aliphatic rings. The van der Waals surface area contributed by atoms with Crippen LogP contribution in [-0.2, 0) is 9.47 Å². The van der Waals surface area contributed by atoms with E-state index < -0.39 is 0 Å². The van der Waals surface area contributed by atoms with Crippen molar-refractivity contribution < 1.29 is 9.47 Å². The second-order valence-corrected chi connectivity index (χ2v) is 8.77. The maximum absolute atomic E-state index is 5.78. The molecule has 0 atom stereocenters. The van der Waals surface area contributed by atoms with Crippen molar-refractivity contribution in [3.63, 3.8) is 0 Å². The third-order valence-electron chi connectivity index (χ3n) is 5.35. The minimum atomic E-state index is -0.372. The summed E-state index contributed by atoms with van der Waals surface area (Å²) in [7, 11) is 0. The summed E-state index contributed by atoms with van der Waals surface area (Å²) in [5.41, 5.74) is 5.92. The first-order chi connectivity index (χ1) is 13.3. The Balaban J connectivity index is 2.21. The van der Waals surface area contributed by atoms with Crippen molar-refractivity contribution in [1.82, 2.24) is 0 Å². The average Bonchev–Trinajstić information content (AvgIpc) is 2.62. The van der Waals surface area contributed by atoms with Gasteiger partial charge < -0.3 is 9.47 Å². The fourth-order valence-corrected chi connectivity index (χ4v) is 3.39. The molecule has 0 aromatic rings. The van der Waals surface area contributed by atoms with Crippen molar-refractivity contribution in [2.24, 2.45) is 0 Å². The molecule has 0 aromatic carbocycles. The highest BCUT2D eigenvalue weighted by Gasteiger charge is 2.27. The van der Waals surface area contributed by atoms with Crippen LogP contribution in [-0.4, -0.2) is 19.0 Å². The fraction of sp³-hybridized carbons (Fsp3) is 0.692. The molecular formula is C26H44O2. The molecular weight excluding hydrogens is 344 g/mol. The van der Waals surface area contributed by atoms with Crippen LogP contribution in [0.25, 0.3) is 0 Å². The molecule has 0 N–H and O–H groups in total. The second-order valence-electron chi connectivity index (χ2n) is 8.77. The van der Waals surface area contributed by atoms with Crippen molar-refractivity contribution in [3.05, 3.63) is 46.6 Å². The molecule has 2 nitrogen and oxygen atoms in total. The highest BCUT2D eigenvalue weighted by atomic mass is 16.7. The van der Waals surface area contributed by atoms with Gasteiger partial charge in [-0.3, -0.25) is 0 Å². The standard InChI is InChI=1S/C26H44O2/c1-22(2)12-7-13-23(3)14-8-15-24(4)16-9-17-25(5)18-10-19-26(6)27-20-11-21-28-26/h12,14,16,18H,7-11,13,15,17,19-21H2,1-6H3. The molecule has 1 aliphatic heterocycles. The topological polar surface area (TPSA) is 18.5 Å². The first-order valence-electron chi connectivity index (χ1n) is 11.2. The lowest BCUT2D eigenvalue weighted by atomic mass is 10.0. The summed E-state index contributed by atoms with van der Waals surface area (Å²) in [6.07, 6.45) is 19.5. The van der Waals surface area contributed by atoms with Crippen molar-refractivity contribution in [2.45, 2.75) is 105 Å². The van der Waals surface area contributed by atoms with Crippen molar-refractivity contribution in [1.29, 1.82) is 0 Å². The predicted octanol–water partition coefficient (Wildman–Crippen LogP) is 8.07. The van der Waals surface area contributed by atoms with Gasteiger partial charge in [-0.15, -0.1) is 0 Å². The summed E-state index contributed by atoms with van der Waals surface area (Å²) in [5.74, 6) is -0.372. The van der Waals surface area contributed by atoms with Gasteiger partial charge in [-0.1, -0.05) is 46.6 Å². The zero-order chi connectivity index (χ0) is 20.8. The van der Waals surface area contributed by atoms with Gasteiger partial charge in [-0.05, 0) is 92.9 Å². The van der Waals surface area contributed by atoms with E-state index >= 15 is 0 Å². The molecule has 1 fully saturated rings. The average molecular weight is 389 g/mol. The van der Waals surface area contributed by atoms with Gasteiger partial charge in [0.25, 0.3) is 0 Å². The minimum absolute atomic E-state index is 0.372. The van der Waals surface area contributed by atoms with E-state index in [1.807, 2.05) is 0 Å². The highest BCUT2D eigenvalue weighted by molar-refractivity contribution is 5.07. The molecule has 0 amide bonds. The molecule has 28 heavy (non-hydrogen) atoms. The smallest absolute Gasteiger partial charge is 0.165 e. The van der Waals surface area contributed by atoms with Gasteiger partial charge in [0.15, 0.2) is 5.79 Å². The van der Waals surface area contributed by atoms with E-state index in [0.717, 1.165) is 51.7 Å². The predicted molar refractivity (Wildman–Crippen MR) is 123 cm³/mol. The first kappa shape index (κ1) is 24.9. The van der Waals surface area contributed by atoms with Crippen LogP contribution in [0.2, 0.25) is 0 Å². The van der Waals surface area contributed by atoms with Gasteiger partial charge in [-0.2, -0.15) is 0 Å². The molecule has 0 radical (unpaired) electrons. The molecule has 0 aliphatic carbocycles. The van der Waals surface area contributed by atoms with Crippen molar-refractivity contribution in [3.8, 4) is 0 Å². The van der Waals surface area contributed by atoms with E-state index in [1.54, 1.807) is 0 Å². The third kappa shape index (κ3) is 12.4. The maximum Gasteiger partial charge on any atom is 0.165 e. The van der Waals surface area contributed by atoms with Crippen LogP contribution < -0.4 is 0 Å². The van der Waals surface area contributed by atoms with E-state index in [9.17, 15) is 0 Å². The lowest BCUT2D eigenvalue weighted by molar-refractivity contribution is -0.258. The Morgan fingerprint density at radius 3 is 1.57 bits per heavy atom. The molecule has 1 saturated heterocycles. The zero-order valence-electron chi connectivity index (χ0n) is 19.4. The Morgan fingerprint density at radius 1 is 0.679 bits per heavy atom. The van der Waals surface area contributed by atoms with Gasteiger partial charge >= 0.3 is 0 Å². The number of allylic oxidation sites excluding steroid dienone is 8. The number of hydrogen-bond acceptors (Lipinski definition) is 2. The van der Waals surface area contributed by atoms with Gasteiger partial charge in [0.1, 0.15) is 0 Å². The van der Waals surface area contributed by atoms with Crippen LogP contribution in [0, 0.1) is 0 Å². The molecule has 1 rings (SSSR count). The van der Waals surface area contributed by atoms with E-state index in [4.69, 9.17) is 9.47 Å². The van der Waals surface area contributed by atoms with Crippen LogP contribution in [0.4, 0.5) is 0 Å². The molecule has 1 heterocycles. The summed E-state index contributed by atoms with van der Waals surface area (Å²) in [6.45, 7) is 14.8. The Bertz CT molecular complexity index is 553. The normalized spacial score (nSPS) is 18.3. The summed E-state index contributed by atoms with van der Waals surface area (Å²) >= 11 is 0. The SMILES string of the molecule is CC(C)=CCCC(C)=CCCC(C)=CCCC(C)=CCCC1(C)OCCCO1. The minimum Gasteiger partial charge on any atom is -0.350 e. The van der Waals surface area contributed by atoms with E-state index in [2.05, 4.69) is 65.8 Å². The molecule has 0 saturated carbocycles. The molecule has 0 aromatic heterocycles. The van der Waals surface area contributed by atoms with Crippen molar-refractivity contribution in [2.75, 3.05) is 13.2 Å². The Kier molecular flexibility index (Phi) is 12.4. The summed E-state index contributed by atoms with van der Waals surface area (Å²) in [5, 5.41) is 0. The third-order valence-corrected chi connectivity index (χ3v) is 5.35. The molecule has 2 heteroatoms. The Labute approximate surface area is 174 Å². The molecule has 0 spiro atoms. The molecule has 160 valence electrons. The van der Waals surface area contributed by atoms with Gasteiger partial charge in [0.2, 0.25) is 0 Å². The van der Waals surface area contributed by atoms with E-state index in [0.29, 0.717) is 0 Å². The first-order valence-corrected chi connectivity index (χ1v) is 11.2. The fourth-order valence-electron chi connectivity index (χ4n) is 3.39. The largest absolute Gasteiger partial charge is 0.350 e. The lowest BCUT2D eigenvalue weighted by Crippen LogP contribution is -2.37. The Hall–Kier alpha value is -1.12. The maximum atomic E-state index is 5.78. The lowest BCUT2D eigenvalue weighted by Gasteiger charge is -2.33. The number of rotatable bonds is 12. The zero-order valence-corrected chi connectivity index (χ0v) is 19.4. The van der Waals surface area contributed by atoms with E-state index in [1.165, 1.54) is 41.6 Å². The van der Waals surface area contributed by atoms with Gasteiger partial charge in [0.05, 0.1) is 13.2 Å². The summed E-state index contributed by atoms with van der Waals surface area (Å²) in [4.78, 5) is 0. The van der Waals surface area contributed by atoms with Crippen LogP contribution in [0.5, 0.6) is 0 Å². The van der Waals surface area contributed by atoms with E-state index in [-0.39, 0.29) is 5.79 Å². The summed E-state index contributed by atoms with van der Waals surface area (Å²) < 4.78 is 11.6. The molecule has 0 bridgehead atoms. The highest BCUT2D eigenvalue weighted by Crippen LogP contribution is 2.24. The number of hydrogen-bond donors (Lipinski definition) is 0. The molecule has 0 unspecified atom stereocenters. The van der Waals surface area contributed by atoms with Crippen LogP contribution in [0.3, 0.4) is 0 Å². The monoisotopic (exact) mass is 388 g/mol. The summed E-state index contributed by atoms with van der Waals surface area (Å²) in [6, 6.07) is 0. The van der Waals surface area contributed by atoms with Crippen molar-refractivity contribution >= 4 is 0 Å². The van der Waals surface area contributed by atoms with Crippen LogP contribution in [0.15, 0.2) is 46.6 Å².